The molecule has 2 aromatic rings. The molecule has 0 spiro atoms. The Morgan fingerprint density at radius 3 is 2.77 bits per heavy atom. The molecule has 0 atom stereocenters. The van der Waals surface area contributed by atoms with Crippen molar-refractivity contribution in [2.45, 2.75) is 38.0 Å². The van der Waals surface area contributed by atoms with Crippen LogP contribution in [0.1, 0.15) is 59.2 Å². The van der Waals surface area contributed by atoms with E-state index in [2.05, 4.69) is 47.7 Å². The zero-order valence-electron chi connectivity index (χ0n) is 16.8. The first-order valence-corrected chi connectivity index (χ1v) is 11.1. The number of hydrogen-bond acceptors (Lipinski definition) is 5. The number of amides is 1. The average Bonchev–Trinajstić information content (AvgIpc) is 3.49. The summed E-state index contributed by atoms with van der Waals surface area (Å²) < 4.78 is 0. The molecular weight excluding hydrogens is 394 g/mol. The normalized spacial score (nSPS) is 19.3. The van der Waals surface area contributed by atoms with Crippen LogP contribution in [0.3, 0.4) is 0 Å². The SMILES string of the molecule is CC1=C(c2csc(C3(c4ccc(C(=O)NO)cc4)CC3)n2)N2C=CC=CC2=CCC1. The van der Waals surface area contributed by atoms with Gasteiger partial charge < -0.3 is 4.90 Å². The lowest BCUT2D eigenvalue weighted by molar-refractivity contribution is 0.0706. The van der Waals surface area contributed by atoms with Crippen molar-refractivity contribution in [3.8, 4) is 0 Å². The number of nitrogens with one attached hydrogen (secondary N) is 1. The van der Waals surface area contributed by atoms with Crippen molar-refractivity contribution >= 4 is 22.9 Å². The van der Waals surface area contributed by atoms with Crippen LogP contribution in [0.5, 0.6) is 0 Å². The van der Waals surface area contributed by atoms with Gasteiger partial charge in [0, 0.05) is 28.3 Å². The number of hydrogen-bond donors (Lipinski definition) is 2. The number of carbonyl (C=O) groups excluding carboxylic acids is 1. The summed E-state index contributed by atoms with van der Waals surface area (Å²) in [6.45, 7) is 2.20. The molecule has 152 valence electrons. The highest BCUT2D eigenvalue weighted by molar-refractivity contribution is 7.10. The molecular formula is C24H23N3O2S. The van der Waals surface area contributed by atoms with Crippen molar-refractivity contribution in [2.24, 2.45) is 0 Å². The van der Waals surface area contributed by atoms with Gasteiger partial charge in [-0.3, -0.25) is 10.0 Å². The molecule has 2 aliphatic heterocycles. The van der Waals surface area contributed by atoms with Crippen molar-refractivity contribution in [2.75, 3.05) is 0 Å². The van der Waals surface area contributed by atoms with Crippen LogP contribution in [0.2, 0.25) is 0 Å². The van der Waals surface area contributed by atoms with Gasteiger partial charge in [-0.25, -0.2) is 10.5 Å². The molecule has 1 saturated carbocycles. The van der Waals surface area contributed by atoms with Crippen LogP contribution < -0.4 is 5.48 Å². The van der Waals surface area contributed by atoms with Crippen LogP contribution in [-0.2, 0) is 5.41 Å². The highest BCUT2D eigenvalue weighted by Crippen LogP contribution is 2.54. The number of allylic oxidation sites excluding steroid dienone is 5. The number of hydroxylamine groups is 1. The third-order valence-electron chi connectivity index (χ3n) is 6.12. The van der Waals surface area contributed by atoms with Gasteiger partial charge in [0.2, 0.25) is 0 Å². The van der Waals surface area contributed by atoms with E-state index in [0.29, 0.717) is 5.56 Å². The summed E-state index contributed by atoms with van der Waals surface area (Å²) in [4.78, 5) is 19.0. The van der Waals surface area contributed by atoms with E-state index in [1.807, 2.05) is 12.1 Å². The van der Waals surface area contributed by atoms with Gasteiger partial charge in [-0.15, -0.1) is 11.3 Å². The van der Waals surface area contributed by atoms with E-state index >= 15 is 0 Å². The van der Waals surface area contributed by atoms with Gasteiger partial charge in [-0.1, -0.05) is 24.3 Å². The predicted octanol–water partition coefficient (Wildman–Crippen LogP) is 5.14. The number of carbonyl (C=O) groups is 1. The molecule has 3 heterocycles. The van der Waals surface area contributed by atoms with Crippen LogP contribution in [0.4, 0.5) is 0 Å². The Bertz CT molecular complexity index is 1120. The van der Waals surface area contributed by atoms with Gasteiger partial charge in [-0.05, 0) is 68.0 Å². The Labute approximate surface area is 179 Å². The number of aromatic nitrogens is 1. The van der Waals surface area contributed by atoms with Crippen molar-refractivity contribution in [3.63, 3.8) is 0 Å². The highest BCUT2D eigenvalue weighted by atomic mass is 32.1. The fourth-order valence-corrected chi connectivity index (χ4v) is 5.37. The zero-order valence-corrected chi connectivity index (χ0v) is 17.6. The summed E-state index contributed by atoms with van der Waals surface area (Å²) in [5.74, 6) is -0.494. The molecule has 0 saturated heterocycles. The van der Waals surface area contributed by atoms with E-state index in [-0.39, 0.29) is 5.41 Å². The second kappa shape index (κ2) is 7.38. The molecule has 5 rings (SSSR count). The zero-order chi connectivity index (χ0) is 20.7. The summed E-state index contributed by atoms with van der Waals surface area (Å²) in [6, 6.07) is 7.48. The Morgan fingerprint density at radius 2 is 2.03 bits per heavy atom. The van der Waals surface area contributed by atoms with Crippen LogP contribution in [-0.4, -0.2) is 21.0 Å². The number of rotatable bonds is 4. The first-order valence-electron chi connectivity index (χ1n) is 10.2. The molecule has 1 fully saturated rings. The van der Waals surface area contributed by atoms with Crippen molar-refractivity contribution in [1.29, 1.82) is 0 Å². The molecule has 1 amide bonds. The van der Waals surface area contributed by atoms with E-state index in [1.54, 1.807) is 28.9 Å². The minimum Gasteiger partial charge on any atom is -0.315 e. The third-order valence-corrected chi connectivity index (χ3v) is 7.16. The maximum Gasteiger partial charge on any atom is 0.274 e. The minimum atomic E-state index is -0.494. The van der Waals surface area contributed by atoms with E-state index in [0.717, 1.165) is 36.4 Å². The minimum absolute atomic E-state index is 0.0629. The number of nitrogens with zero attached hydrogens (tertiary/aromatic N) is 2. The average molecular weight is 418 g/mol. The Morgan fingerprint density at radius 1 is 1.23 bits per heavy atom. The van der Waals surface area contributed by atoms with Crippen LogP contribution in [0.25, 0.3) is 5.70 Å². The van der Waals surface area contributed by atoms with Gasteiger partial charge in [0.15, 0.2) is 0 Å². The van der Waals surface area contributed by atoms with Crippen LogP contribution in [0.15, 0.2) is 71.4 Å². The molecule has 6 heteroatoms. The van der Waals surface area contributed by atoms with E-state index in [1.165, 1.54) is 22.5 Å². The predicted molar refractivity (Wildman–Crippen MR) is 118 cm³/mol. The number of thiazole rings is 1. The summed E-state index contributed by atoms with van der Waals surface area (Å²) in [5.41, 5.74) is 8.01. The van der Waals surface area contributed by atoms with Gasteiger partial charge >= 0.3 is 0 Å². The first kappa shape index (κ1) is 19.0. The smallest absolute Gasteiger partial charge is 0.274 e. The van der Waals surface area contributed by atoms with E-state index < -0.39 is 5.91 Å². The fourth-order valence-electron chi connectivity index (χ4n) is 4.29. The maximum atomic E-state index is 11.6. The van der Waals surface area contributed by atoms with E-state index in [9.17, 15) is 4.79 Å². The second-order valence-electron chi connectivity index (χ2n) is 8.01. The lowest BCUT2D eigenvalue weighted by Gasteiger charge is -2.26. The van der Waals surface area contributed by atoms with Gasteiger partial charge in [0.05, 0.1) is 11.4 Å². The summed E-state index contributed by atoms with van der Waals surface area (Å²) >= 11 is 1.72. The largest absolute Gasteiger partial charge is 0.315 e. The summed E-state index contributed by atoms with van der Waals surface area (Å²) in [6.07, 6.45) is 14.9. The van der Waals surface area contributed by atoms with Crippen molar-refractivity contribution in [3.05, 3.63) is 93.2 Å². The molecule has 0 unspecified atom stereocenters. The molecule has 1 aromatic heterocycles. The van der Waals surface area contributed by atoms with Crippen molar-refractivity contribution < 1.29 is 10.0 Å². The van der Waals surface area contributed by atoms with Crippen LogP contribution >= 0.6 is 11.3 Å². The maximum absolute atomic E-state index is 11.6. The Balaban J connectivity index is 1.48. The molecule has 1 aromatic carbocycles. The lowest BCUT2D eigenvalue weighted by atomic mass is 9.95. The van der Waals surface area contributed by atoms with Gasteiger partial charge in [-0.2, -0.15) is 0 Å². The monoisotopic (exact) mass is 417 g/mol. The molecule has 1 aliphatic carbocycles. The van der Waals surface area contributed by atoms with Gasteiger partial charge in [0.25, 0.3) is 5.91 Å². The number of benzene rings is 1. The van der Waals surface area contributed by atoms with Crippen molar-refractivity contribution in [1.82, 2.24) is 15.4 Å². The second-order valence-corrected chi connectivity index (χ2v) is 8.86. The van der Waals surface area contributed by atoms with E-state index in [4.69, 9.17) is 10.2 Å². The first-order chi connectivity index (χ1) is 14.6. The Kier molecular flexibility index (Phi) is 4.68. The summed E-state index contributed by atoms with van der Waals surface area (Å²) in [5, 5.41) is 12.1. The third kappa shape index (κ3) is 3.13. The molecule has 0 radical (unpaired) electrons. The molecule has 5 nitrogen and oxygen atoms in total. The summed E-state index contributed by atoms with van der Waals surface area (Å²) in [7, 11) is 0. The standard InChI is InChI=1S/C24H23N3O2S/c1-16-5-4-7-19-6-2-3-14-27(19)21(16)20-15-30-23(25-20)24(12-13-24)18-10-8-17(9-11-18)22(28)26-29/h2-3,6-11,14-15,29H,4-5,12-13H2,1H3,(H,26,28). The number of fused-ring (bicyclic) bond motifs is 1. The van der Waals surface area contributed by atoms with Gasteiger partial charge in [0.1, 0.15) is 5.01 Å². The molecule has 3 aliphatic rings. The highest BCUT2D eigenvalue weighted by Gasteiger charge is 2.48. The van der Waals surface area contributed by atoms with Crippen LogP contribution in [0, 0.1) is 0 Å². The quantitative estimate of drug-likeness (QED) is 0.534. The molecule has 0 bridgehead atoms. The topological polar surface area (TPSA) is 65.5 Å². The Hall–Kier alpha value is -2.96. The lowest BCUT2D eigenvalue weighted by Crippen LogP contribution is -2.19. The molecule has 30 heavy (non-hydrogen) atoms. The fraction of sp³-hybridized carbons (Fsp3) is 0.250. The molecule has 2 N–H and O–H groups in total.